The largest absolute Gasteiger partial charge is 0.495 e. The van der Waals surface area contributed by atoms with Crippen molar-refractivity contribution in [2.24, 2.45) is 5.92 Å². The van der Waals surface area contributed by atoms with Crippen LogP contribution in [0.4, 0.5) is 26.2 Å². The first-order valence-electron chi connectivity index (χ1n) is 21.0. The Morgan fingerprint density at radius 2 is 1.79 bits per heavy atom. The van der Waals surface area contributed by atoms with Gasteiger partial charge in [0.15, 0.2) is 5.82 Å². The van der Waals surface area contributed by atoms with Gasteiger partial charge in [-0.05, 0) is 92.7 Å². The van der Waals surface area contributed by atoms with Crippen LogP contribution in [-0.4, -0.2) is 89.3 Å². The summed E-state index contributed by atoms with van der Waals surface area (Å²) in [5.74, 6) is 0.235. The number of fused-ring (bicyclic) bond motifs is 3. The zero-order valence-electron chi connectivity index (χ0n) is 35.8. The monoisotopic (exact) mass is 845 g/mol. The third kappa shape index (κ3) is 8.62. The number of hydrogen-bond acceptors (Lipinski definition) is 12. The first-order valence-corrected chi connectivity index (χ1v) is 21.0. The summed E-state index contributed by atoms with van der Waals surface area (Å²) in [7, 11) is 1.62. The van der Waals surface area contributed by atoms with E-state index >= 15 is 4.39 Å². The van der Waals surface area contributed by atoms with Crippen LogP contribution >= 0.6 is 0 Å². The van der Waals surface area contributed by atoms with E-state index in [2.05, 4.69) is 51.3 Å². The van der Waals surface area contributed by atoms with Gasteiger partial charge >= 0.3 is 17.8 Å². The van der Waals surface area contributed by atoms with Gasteiger partial charge < -0.3 is 35.1 Å². The van der Waals surface area contributed by atoms with Crippen molar-refractivity contribution in [3.8, 4) is 17.0 Å². The van der Waals surface area contributed by atoms with Gasteiger partial charge in [-0.2, -0.15) is 4.98 Å². The Bertz CT molecular complexity index is 2630. The SMILES string of the molecule is COc1cc2c(cc1NCCNCC1CCN(c3ccc(N4CCC(=O)NC4=O)cc3)CC1)[nH]c1ncnc(-c3ccc([C@@H](C)NC(=O)c4nc(C(C)(C)C)no4)c(C)c3F)c12. The van der Waals surface area contributed by atoms with Crippen LogP contribution in [0.15, 0.2) is 59.4 Å². The zero-order valence-corrected chi connectivity index (χ0v) is 35.8. The molecule has 17 heteroatoms. The summed E-state index contributed by atoms with van der Waals surface area (Å²) in [4.78, 5) is 57.3. The molecule has 0 saturated carbocycles. The van der Waals surface area contributed by atoms with Crippen molar-refractivity contribution in [2.75, 3.05) is 61.5 Å². The van der Waals surface area contributed by atoms with Crippen molar-refractivity contribution in [1.82, 2.24) is 41.0 Å². The van der Waals surface area contributed by atoms with E-state index in [4.69, 9.17) is 9.26 Å². The van der Waals surface area contributed by atoms with E-state index in [0.29, 0.717) is 70.4 Å². The van der Waals surface area contributed by atoms with Crippen molar-refractivity contribution in [1.29, 1.82) is 0 Å². The Morgan fingerprint density at radius 1 is 1.03 bits per heavy atom. The Morgan fingerprint density at radius 3 is 2.50 bits per heavy atom. The van der Waals surface area contributed by atoms with E-state index < -0.39 is 17.8 Å². The molecule has 2 fully saturated rings. The van der Waals surface area contributed by atoms with E-state index in [9.17, 15) is 14.4 Å². The number of imide groups is 1. The molecule has 62 heavy (non-hydrogen) atoms. The number of rotatable bonds is 13. The molecule has 0 aliphatic carbocycles. The van der Waals surface area contributed by atoms with Gasteiger partial charge in [0.1, 0.15) is 23.5 Å². The number of nitrogens with zero attached hydrogens (tertiary/aromatic N) is 6. The van der Waals surface area contributed by atoms with Gasteiger partial charge in [-0.15, -0.1) is 0 Å². The topological polar surface area (TPSA) is 196 Å². The fourth-order valence-electron chi connectivity index (χ4n) is 8.21. The second kappa shape index (κ2) is 17.4. The van der Waals surface area contributed by atoms with Crippen molar-refractivity contribution < 1.29 is 28.0 Å². The molecule has 8 rings (SSSR count). The lowest BCUT2D eigenvalue weighted by atomic mass is 9.96. The van der Waals surface area contributed by atoms with Crippen LogP contribution in [0.5, 0.6) is 5.75 Å². The lowest BCUT2D eigenvalue weighted by molar-refractivity contribution is -0.120. The summed E-state index contributed by atoms with van der Waals surface area (Å²) >= 11 is 0. The number of aromatic amines is 1. The molecule has 5 heterocycles. The predicted molar refractivity (Wildman–Crippen MR) is 235 cm³/mol. The molecule has 0 radical (unpaired) electrons. The maximum absolute atomic E-state index is 16.4. The van der Waals surface area contributed by atoms with E-state index in [1.54, 1.807) is 38.0 Å². The predicted octanol–water partition coefficient (Wildman–Crippen LogP) is 6.77. The number of methoxy groups -OCH3 is 1. The first kappa shape index (κ1) is 42.1. The second-order valence-electron chi connectivity index (χ2n) is 17.0. The third-order valence-electron chi connectivity index (χ3n) is 11.7. The number of amides is 4. The fourth-order valence-corrected chi connectivity index (χ4v) is 8.21. The number of halogens is 1. The Balaban J connectivity index is 0.872. The molecule has 0 spiro atoms. The van der Waals surface area contributed by atoms with Crippen LogP contribution in [0, 0.1) is 18.7 Å². The van der Waals surface area contributed by atoms with Gasteiger partial charge in [-0.3, -0.25) is 19.8 Å². The summed E-state index contributed by atoms with van der Waals surface area (Å²) < 4.78 is 27.4. The lowest BCUT2D eigenvalue weighted by Crippen LogP contribution is -2.49. The van der Waals surface area contributed by atoms with Crippen LogP contribution in [0.25, 0.3) is 33.2 Å². The highest BCUT2D eigenvalue weighted by Crippen LogP contribution is 2.39. The van der Waals surface area contributed by atoms with E-state index in [-0.39, 0.29) is 23.2 Å². The Kier molecular flexibility index (Phi) is 11.8. The number of benzene rings is 3. The Labute approximate surface area is 358 Å². The maximum atomic E-state index is 16.4. The minimum atomic E-state index is -0.552. The number of piperidine rings is 1. The summed E-state index contributed by atoms with van der Waals surface area (Å²) in [5, 5.41) is 17.7. The third-order valence-corrected chi connectivity index (χ3v) is 11.7. The number of H-pyrrole nitrogens is 1. The number of urea groups is 1. The van der Waals surface area contributed by atoms with Crippen molar-refractivity contribution >= 4 is 56.8 Å². The smallest absolute Gasteiger partial charge is 0.328 e. The highest BCUT2D eigenvalue weighted by atomic mass is 19.1. The van der Waals surface area contributed by atoms with Crippen LogP contribution < -0.4 is 35.8 Å². The minimum Gasteiger partial charge on any atom is -0.495 e. The van der Waals surface area contributed by atoms with Crippen LogP contribution in [0.2, 0.25) is 0 Å². The molecule has 0 bridgehead atoms. The number of carbonyl (C=O) groups excluding carboxylic acids is 3. The highest BCUT2D eigenvalue weighted by Gasteiger charge is 2.28. The molecule has 0 unspecified atom stereocenters. The summed E-state index contributed by atoms with van der Waals surface area (Å²) in [6.45, 7) is 13.9. The van der Waals surface area contributed by atoms with Crippen molar-refractivity contribution in [3.63, 3.8) is 0 Å². The fraction of sp³-hybridized carbons (Fsp3) is 0.400. The summed E-state index contributed by atoms with van der Waals surface area (Å²) in [5.41, 5.74) is 5.43. The molecule has 4 amide bonds. The second-order valence-corrected chi connectivity index (χ2v) is 17.0. The number of anilines is 3. The zero-order chi connectivity index (χ0) is 43.7. The molecule has 324 valence electrons. The molecule has 16 nitrogen and oxygen atoms in total. The average molecular weight is 846 g/mol. The van der Waals surface area contributed by atoms with Gasteiger partial charge in [-0.25, -0.2) is 19.2 Å². The Hall–Kier alpha value is -6.62. The van der Waals surface area contributed by atoms with Crippen molar-refractivity contribution in [3.05, 3.63) is 83.5 Å². The molecule has 3 aromatic heterocycles. The van der Waals surface area contributed by atoms with E-state index in [1.807, 2.05) is 57.2 Å². The normalized spacial score (nSPS) is 15.6. The number of ether oxygens (including phenoxy) is 1. The van der Waals surface area contributed by atoms with E-state index in [0.717, 1.165) is 67.0 Å². The van der Waals surface area contributed by atoms with Gasteiger partial charge in [-0.1, -0.05) is 32.0 Å². The summed E-state index contributed by atoms with van der Waals surface area (Å²) in [6, 6.07) is 14.4. The standard InChI is InChI=1S/C45H52FN11O5/c1-25-30(26(2)51-41(59)42-54-43(55-62-42)45(3,4)5)11-12-31(38(25)46)39-37-32-21-35(61-6)34(22-33(32)52-40(37)50-24-49-39)48-17-16-47-23-27-13-18-56(19-14-27)28-7-9-29(10-8-28)57-20-15-36(58)53-44(57)60/h7-12,21-22,24,26-27,47-48H,13-20,23H2,1-6H3,(H,51,59)(H,49,50,52)(H,53,58,60)/t26-/m1/s1. The van der Waals surface area contributed by atoms with Gasteiger partial charge in [0.05, 0.1) is 35.4 Å². The molecule has 2 saturated heterocycles. The average Bonchev–Trinajstić information content (AvgIpc) is 3.91. The van der Waals surface area contributed by atoms with Crippen LogP contribution in [0.1, 0.15) is 80.6 Å². The quantitative estimate of drug-likeness (QED) is 0.0767. The van der Waals surface area contributed by atoms with Gasteiger partial charge in [0.25, 0.3) is 0 Å². The van der Waals surface area contributed by atoms with Crippen molar-refractivity contribution in [2.45, 2.75) is 65.3 Å². The number of hydrogen-bond donors (Lipinski definition) is 5. The molecule has 6 aromatic rings. The highest BCUT2D eigenvalue weighted by molar-refractivity contribution is 6.13. The maximum Gasteiger partial charge on any atom is 0.328 e. The van der Waals surface area contributed by atoms with Crippen LogP contribution in [-0.2, 0) is 10.2 Å². The molecule has 3 aromatic carbocycles. The summed E-state index contributed by atoms with van der Waals surface area (Å²) in [6.07, 6.45) is 3.86. The molecular formula is C45H52FN11O5. The lowest BCUT2D eigenvalue weighted by Gasteiger charge is -2.34. The molecule has 1 atom stereocenters. The van der Waals surface area contributed by atoms with Gasteiger partial charge in [0, 0.05) is 66.9 Å². The minimum absolute atomic E-state index is 0.150. The number of carbonyl (C=O) groups is 3. The number of nitrogens with one attached hydrogen (secondary N) is 5. The molecular weight excluding hydrogens is 794 g/mol. The molecule has 2 aliphatic rings. The molecule has 5 N–H and O–H groups in total. The number of aromatic nitrogens is 5. The van der Waals surface area contributed by atoms with E-state index in [1.165, 1.54) is 6.33 Å². The molecule has 2 aliphatic heterocycles. The van der Waals surface area contributed by atoms with Gasteiger partial charge in [0.2, 0.25) is 5.91 Å². The van der Waals surface area contributed by atoms with Crippen LogP contribution in [0.3, 0.4) is 0 Å². The first-order chi connectivity index (χ1) is 29.8.